The summed E-state index contributed by atoms with van der Waals surface area (Å²) in [6.45, 7) is 4.78. The van der Waals surface area contributed by atoms with Crippen LogP contribution in [0, 0.1) is 0 Å². The summed E-state index contributed by atoms with van der Waals surface area (Å²) in [5, 5.41) is 14.6. The van der Waals surface area contributed by atoms with Gasteiger partial charge in [0.1, 0.15) is 0 Å². The number of aromatic carboxylic acids is 1. The zero-order chi connectivity index (χ0) is 14.3. The van der Waals surface area contributed by atoms with E-state index in [1.165, 1.54) is 12.1 Å². The van der Waals surface area contributed by atoms with Gasteiger partial charge in [-0.2, -0.15) is 0 Å². The predicted octanol–water partition coefficient (Wildman–Crippen LogP) is 1.39. The van der Waals surface area contributed by atoms with Crippen molar-refractivity contribution in [1.29, 1.82) is 0 Å². The van der Waals surface area contributed by atoms with Gasteiger partial charge in [-0.1, -0.05) is 19.1 Å². The second-order valence-electron chi connectivity index (χ2n) is 4.47. The Bertz CT molecular complexity index is 429. The molecule has 0 bridgehead atoms. The molecule has 0 saturated carbocycles. The first-order valence-electron chi connectivity index (χ1n) is 6.35. The van der Waals surface area contributed by atoms with E-state index in [0.717, 1.165) is 12.0 Å². The molecule has 1 aromatic rings. The van der Waals surface area contributed by atoms with Crippen molar-refractivity contribution in [2.75, 3.05) is 6.54 Å². The molecular formula is C14H20N2O3. The van der Waals surface area contributed by atoms with Gasteiger partial charge in [0.15, 0.2) is 0 Å². The second-order valence-corrected chi connectivity index (χ2v) is 4.47. The summed E-state index contributed by atoms with van der Waals surface area (Å²) in [5.74, 6) is -1.02. The van der Waals surface area contributed by atoms with E-state index in [-0.39, 0.29) is 11.5 Å². The third-order valence-electron chi connectivity index (χ3n) is 2.91. The van der Waals surface area contributed by atoms with E-state index >= 15 is 0 Å². The van der Waals surface area contributed by atoms with Gasteiger partial charge in [-0.3, -0.25) is 4.79 Å². The molecule has 0 spiro atoms. The number of nitrogens with one attached hydrogen (secondary N) is 2. The molecule has 0 aliphatic carbocycles. The lowest BCUT2D eigenvalue weighted by molar-refractivity contribution is -0.120. The lowest BCUT2D eigenvalue weighted by atomic mass is 10.1. The largest absolute Gasteiger partial charge is 0.478 e. The third kappa shape index (κ3) is 5.52. The molecule has 5 heteroatoms. The van der Waals surface area contributed by atoms with Crippen molar-refractivity contribution in [3.63, 3.8) is 0 Å². The second kappa shape index (κ2) is 7.53. The van der Waals surface area contributed by atoms with E-state index in [4.69, 9.17) is 5.11 Å². The predicted molar refractivity (Wildman–Crippen MR) is 73.0 cm³/mol. The van der Waals surface area contributed by atoms with E-state index in [9.17, 15) is 9.59 Å². The summed E-state index contributed by atoms with van der Waals surface area (Å²) >= 11 is 0. The minimum atomic E-state index is -0.951. The molecule has 19 heavy (non-hydrogen) atoms. The van der Waals surface area contributed by atoms with Gasteiger partial charge in [-0.25, -0.2) is 4.79 Å². The van der Waals surface area contributed by atoms with Crippen molar-refractivity contribution in [2.24, 2.45) is 0 Å². The first-order valence-corrected chi connectivity index (χ1v) is 6.35. The molecule has 0 aliphatic heterocycles. The minimum Gasteiger partial charge on any atom is -0.478 e. The molecule has 5 nitrogen and oxygen atoms in total. The van der Waals surface area contributed by atoms with Crippen LogP contribution in [-0.2, 0) is 11.3 Å². The first-order chi connectivity index (χ1) is 9.02. The molecule has 3 N–H and O–H groups in total. The minimum absolute atomic E-state index is 0.0670. The maximum atomic E-state index is 11.5. The average molecular weight is 264 g/mol. The standard InChI is InChI=1S/C14H20N2O3/c1-3-10(2)15-9-13(17)16-8-11-4-6-12(7-5-11)14(18)19/h4-7,10,15H,3,8-9H2,1-2H3,(H,16,17)(H,18,19). The number of hydrogen-bond donors (Lipinski definition) is 3. The van der Waals surface area contributed by atoms with Gasteiger partial charge in [0.25, 0.3) is 0 Å². The summed E-state index contributed by atoms with van der Waals surface area (Å²) in [7, 11) is 0. The summed E-state index contributed by atoms with van der Waals surface area (Å²) < 4.78 is 0. The number of hydrogen-bond acceptors (Lipinski definition) is 3. The van der Waals surface area contributed by atoms with Crippen LogP contribution in [-0.4, -0.2) is 29.6 Å². The van der Waals surface area contributed by atoms with Crippen LogP contribution in [0.4, 0.5) is 0 Å². The smallest absolute Gasteiger partial charge is 0.335 e. The Hall–Kier alpha value is -1.88. The Labute approximate surface area is 113 Å². The number of carboxylic acid groups (broad SMARTS) is 1. The number of benzene rings is 1. The zero-order valence-corrected chi connectivity index (χ0v) is 11.3. The van der Waals surface area contributed by atoms with Gasteiger partial charge in [-0.05, 0) is 31.0 Å². The normalized spacial score (nSPS) is 11.9. The Balaban J connectivity index is 2.35. The van der Waals surface area contributed by atoms with E-state index in [0.29, 0.717) is 19.1 Å². The molecule has 1 aromatic carbocycles. The summed E-state index contributed by atoms with van der Waals surface area (Å²) in [6.07, 6.45) is 0.976. The van der Waals surface area contributed by atoms with E-state index in [2.05, 4.69) is 17.6 Å². The fraction of sp³-hybridized carbons (Fsp3) is 0.429. The van der Waals surface area contributed by atoms with Crippen LogP contribution >= 0.6 is 0 Å². The molecule has 0 heterocycles. The maximum Gasteiger partial charge on any atom is 0.335 e. The number of amides is 1. The van der Waals surface area contributed by atoms with E-state index < -0.39 is 5.97 Å². The Morgan fingerprint density at radius 3 is 2.42 bits per heavy atom. The van der Waals surface area contributed by atoms with E-state index in [1.54, 1.807) is 12.1 Å². The quantitative estimate of drug-likeness (QED) is 0.695. The zero-order valence-electron chi connectivity index (χ0n) is 11.3. The van der Waals surface area contributed by atoms with Crippen LogP contribution < -0.4 is 10.6 Å². The lowest BCUT2D eigenvalue weighted by Crippen LogP contribution is -2.37. The fourth-order valence-electron chi connectivity index (χ4n) is 1.44. The molecule has 0 radical (unpaired) electrons. The maximum absolute atomic E-state index is 11.5. The van der Waals surface area contributed by atoms with Crippen LogP contribution in [0.5, 0.6) is 0 Å². The van der Waals surface area contributed by atoms with Crippen molar-refractivity contribution >= 4 is 11.9 Å². The van der Waals surface area contributed by atoms with Crippen LogP contribution in [0.15, 0.2) is 24.3 Å². The molecule has 0 fully saturated rings. The molecule has 1 amide bonds. The number of carbonyl (C=O) groups is 2. The first kappa shape index (κ1) is 15.2. The van der Waals surface area contributed by atoms with Gasteiger partial charge < -0.3 is 15.7 Å². The van der Waals surface area contributed by atoms with Gasteiger partial charge in [0, 0.05) is 12.6 Å². The highest BCUT2D eigenvalue weighted by Gasteiger charge is 2.05. The molecule has 104 valence electrons. The Morgan fingerprint density at radius 2 is 1.89 bits per heavy atom. The lowest BCUT2D eigenvalue weighted by Gasteiger charge is -2.11. The molecule has 1 atom stereocenters. The highest BCUT2D eigenvalue weighted by molar-refractivity contribution is 5.87. The van der Waals surface area contributed by atoms with E-state index in [1.807, 2.05) is 6.92 Å². The molecule has 0 aliphatic rings. The summed E-state index contributed by atoms with van der Waals surface area (Å²) in [6, 6.07) is 6.78. The van der Waals surface area contributed by atoms with Crippen LogP contribution in [0.2, 0.25) is 0 Å². The Kier molecular flexibility index (Phi) is 6.02. The van der Waals surface area contributed by atoms with Crippen LogP contribution in [0.25, 0.3) is 0 Å². The monoisotopic (exact) mass is 264 g/mol. The highest BCUT2D eigenvalue weighted by Crippen LogP contribution is 2.04. The molecule has 1 unspecified atom stereocenters. The number of carbonyl (C=O) groups excluding carboxylic acids is 1. The van der Waals surface area contributed by atoms with Gasteiger partial charge in [-0.15, -0.1) is 0 Å². The van der Waals surface area contributed by atoms with Gasteiger partial charge >= 0.3 is 5.97 Å². The molecule has 0 saturated heterocycles. The summed E-state index contributed by atoms with van der Waals surface area (Å²) in [4.78, 5) is 22.2. The van der Waals surface area contributed by atoms with Crippen molar-refractivity contribution < 1.29 is 14.7 Å². The topological polar surface area (TPSA) is 78.4 Å². The highest BCUT2D eigenvalue weighted by atomic mass is 16.4. The number of carboxylic acids is 1. The molecular weight excluding hydrogens is 244 g/mol. The van der Waals surface area contributed by atoms with Crippen molar-refractivity contribution in [2.45, 2.75) is 32.9 Å². The van der Waals surface area contributed by atoms with Crippen molar-refractivity contribution in [3.05, 3.63) is 35.4 Å². The van der Waals surface area contributed by atoms with Crippen molar-refractivity contribution in [1.82, 2.24) is 10.6 Å². The van der Waals surface area contributed by atoms with Gasteiger partial charge in [0.2, 0.25) is 5.91 Å². The van der Waals surface area contributed by atoms with Crippen molar-refractivity contribution in [3.8, 4) is 0 Å². The molecule has 1 rings (SSSR count). The third-order valence-corrected chi connectivity index (χ3v) is 2.91. The van der Waals surface area contributed by atoms with Crippen LogP contribution in [0.1, 0.15) is 36.2 Å². The number of rotatable bonds is 7. The summed E-state index contributed by atoms with van der Waals surface area (Å²) in [5.41, 5.74) is 1.12. The fourth-order valence-corrected chi connectivity index (χ4v) is 1.44. The SMILES string of the molecule is CCC(C)NCC(=O)NCc1ccc(C(=O)O)cc1. The average Bonchev–Trinajstić information content (AvgIpc) is 2.42. The molecule has 0 aromatic heterocycles. The van der Waals surface area contributed by atoms with Crippen LogP contribution in [0.3, 0.4) is 0 Å². The van der Waals surface area contributed by atoms with Gasteiger partial charge in [0.05, 0.1) is 12.1 Å². The Morgan fingerprint density at radius 1 is 1.26 bits per heavy atom.